The minimum atomic E-state index is -5.33. The second kappa shape index (κ2) is 8.37. The van der Waals surface area contributed by atoms with Gasteiger partial charge in [-0.05, 0) is 19.3 Å². The van der Waals surface area contributed by atoms with Gasteiger partial charge in [-0.25, -0.2) is 8.88 Å². The van der Waals surface area contributed by atoms with Crippen molar-refractivity contribution in [1.29, 1.82) is 0 Å². The van der Waals surface area contributed by atoms with Gasteiger partial charge in [-0.3, -0.25) is 13.7 Å². The van der Waals surface area contributed by atoms with Crippen molar-refractivity contribution in [2.75, 3.05) is 0 Å². The molecule has 0 aliphatic heterocycles. The molecular weight excluding hydrogens is 413 g/mol. The minimum Gasteiger partial charge on any atom is -0.324 e. The van der Waals surface area contributed by atoms with Gasteiger partial charge in [-0.2, -0.15) is 8.42 Å². The van der Waals surface area contributed by atoms with Crippen LogP contribution in [0.15, 0.2) is 0 Å². The lowest BCUT2D eigenvalue weighted by molar-refractivity contribution is 0.258. The first-order valence-electron chi connectivity index (χ1n) is 6.51. The highest BCUT2D eigenvalue weighted by atomic mass is 32.2. The molecule has 0 spiro atoms. The predicted molar refractivity (Wildman–Crippen MR) is 83.1 cm³/mol. The van der Waals surface area contributed by atoms with E-state index in [9.17, 15) is 36.8 Å². The van der Waals surface area contributed by atoms with E-state index in [1.807, 2.05) is 0 Å². The smallest absolute Gasteiger partial charge is 0.324 e. The summed E-state index contributed by atoms with van der Waals surface area (Å²) in [6.07, 6.45) is -1.64. The number of phosphoric acid groups is 1. The molecule has 0 bridgehead atoms. The van der Waals surface area contributed by atoms with Crippen molar-refractivity contribution < 1.29 is 55.4 Å². The van der Waals surface area contributed by atoms with Crippen molar-refractivity contribution in [3.05, 3.63) is 0 Å². The Morgan fingerprint density at radius 2 is 1.46 bits per heavy atom. The molecule has 0 saturated heterocycles. The molecule has 146 valence electrons. The van der Waals surface area contributed by atoms with Gasteiger partial charge in [0.25, 0.3) is 10.1 Å². The van der Waals surface area contributed by atoms with Crippen molar-refractivity contribution in [3.8, 4) is 0 Å². The third-order valence-corrected chi connectivity index (χ3v) is 9.13. The summed E-state index contributed by atoms with van der Waals surface area (Å²) in [7, 11) is -19.8. The van der Waals surface area contributed by atoms with E-state index in [-0.39, 0.29) is 6.42 Å². The van der Waals surface area contributed by atoms with Crippen LogP contribution in [-0.2, 0) is 28.1 Å². The Hall–Kier alpha value is 0.360. The molecule has 0 heterocycles. The first kappa shape index (κ1) is 24.4. The van der Waals surface area contributed by atoms with Crippen LogP contribution in [-0.4, -0.2) is 54.0 Å². The first-order chi connectivity index (χ1) is 10.4. The maximum atomic E-state index is 11.8. The molecule has 6 N–H and O–H groups in total. The Labute approximate surface area is 138 Å². The van der Waals surface area contributed by atoms with E-state index in [2.05, 4.69) is 4.31 Å². The van der Waals surface area contributed by atoms with Gasteiger partial charge in [-0.1, -0.05) is 13.8 Å². The fraction of sp³-hybridized carbons (Fsp3) is 1.00. The van der Waals surface area contributed by atoms with Crippen LogP contribution in [0.4, 0.5) is 0 Å². The van der Waals surface area contributed by atoms with E-state index in [0.717, 1.165) is 6.92 Å². The Kier molecular flexibility index (Phi) is 8.49. The summed E-state index contributed by atoms with van der Waals surface area (Å²) in [6, 6.07) is 0. The van der Waals surface area contributed by atoms with Crippen molar-refractivity contribution in [2.45, 2.75) is 49.7 Å². The largest absolute Gasteiger partial charge is 0.476 e. The third kappa shape index (κ3) is 8.64. The Morgan fingerprint density at radius 1 is 1.00 bits per heavy atom. The second-order valence-electron chi connectivity index (χ2n) is 5.24. The zero-order valence-corrected chi connectivity index (χ0v) is 16.2. The minimum absolute atomic E-state index is 0.167. The van der Waals surface area contributed by atoms with Gasteiger partial charge in [0.05, 0.1) is 16.6 Å². The number of hydrogen-bond donors (Lipinski definition) is 6. The molecule has 0 aliphatic carbocycles. The summed E-state index contributed by atoms with van der Waals surface area (Å²) < 4.78 is 69.1. The van der Waals surface area contributed by atoms with E-state index in [1.165, 1.54) is 6.92 Å². The van der Waals surface area contributed by atoms with E-state index >= 15 is 0 Å². The van der Waals surface area contributed by atoms with E-state index in [1.54, 1.807) is 0 Å². The Balaban J connectivity index is 5.42. The lowest BCUT2D eigenvalue weighted by Crippen LogP contribution is -2.27. The summed E-state index contributed by atoms with van der Waals surface area (Å²) >= 11 is 0. The quantitative estimate of drug-likeness (QED) is 0.206. The summed E-state index contributed by atoms with van der Waals surface area (Å²) in [6.45, 7) is 2.32. The highest BCUT2D eigenvalue weighted by Crippen LogP contribution is 2.62. The Bertz CT molecular complexity index is 662. The van der Waals surface area contributed by atoms with Gasteiger partial charge in [0, 0.05) is 0 Å². The molecule has 24 heavy (non-hydrogen) atoms. The number of hydrogen-bond acceptors (Lipinski definition) is 6. The first-order valence-corrected chi connectivity index (χ1v) is 12.9. The van der Waals surface area contributed by atoms with Crippen LogP contribution in [0.5, 0.6) is 0 Å². The van der Waals surface area contributed by atoms with Gasteiger partial charge in [0.1, 0.15) is 0 Å². The maximum absolute atomic E-state index is 11.8. The summed E-state index contributed by atoms with van der Waals surface area (Å²) in [4.78, 5) is 45.3. The molecule has 0 amide bonds. The standard InChI is InChI=1S/C8H21O12P3S/c1-3-8(24(17,18)19)5-7(21(9,10)11)4-6(2)22(12,13)20-23(14,15)16/h6-8H,3-5H2,1-2H3,(H,12,13)(H2,9,10,11)(H2,14,15,16)(H,17,18,19). The summed E-state index contributed by atoms with van der Waals surface area (Å²) in [5.41, 5.74) is -3.35. The third-order valence-electron chi connectivity index (χ3n) is 3.28. The molecule has 0 radical (unpaired) electrons. The lowest BCUT2D eigenvalue weighted by Gasteiger charge is -2.26. The molecular formula is C8H21O12P3S. The maximum Gasteiger partial charge on any atom is 0.476 e. The monoisotopic (exact) mass is 434 g/mol. The van der Waals surface area contributed by atoms with Gasteiger partial charge in [0.2, 0.25) is 0 Å². The second-order valence-corrected chi connectivity index (χ2v) is 12.5. The van der Waals surface area contributed by atoms with Gasteiger partial charge < -0.3 is 24.5 Å². The molecule has 4 atom stereocenters. The molecule has 0 saturated carbocycles. The predicted octanol–water partition coefficient (Wildman–Crippen LogP) is 0.662. The van der Waals surface area contributed by atoms with Gasteiger partial charge in [0.15, 0.2) is 0 Å². The van der Waals surface area contributed by atoms with Crippen molar-refractivity contribution in [3.63, 3.8) is 0 Å². The van der Waals surface area contributed by atoms with Crippen LogP contribution in [0.2, 0.25) is 0 Å². The molecule has 12 nitrogen and oxygen atoms in total. The molecule has 0 fully saturated rings. The number of rotatable bonds is 10. The van der Waals surface area contributed by atoms with Crippen molar-refractivity contribution in [1.82, 2.24) is 0 Å². The molecule has 0 aromatic carbocycles. The van der Waals surface area contributed by atoms with Crippen LogP contribution in [0.1, 0.15) is 33.1 Å². The lowest BCUT2D eigenvalue weighted by atomic mass is 10.1. The van der Waals surface area contributed by atoms with E-state index < -0.39 is 62.5 Å². The highest BCUT2D eigenvalue weighted by molar-refractivity contribution is 7.86. The van der Waals surface area contributed by atoms with Crippen LogP contribution in [0.3, 0.4) is 0 Å². The molecule has 0 aromatic heterocycles. The average molecular weight is 434 g/mol. The van der Waals surface area contributed by atoms with Gasteiger partial charge in [-0.15, -0.1) is 0 Å². The molecule has 0 aromatic rings. The van der Waals surface area contributed by atoms with Crippen molar-refractivity contribution in [2.24, 2.45) is 0 Å². The molecule has 0 rings (SSSR count). The zero-order valence-electron chi connectivity index (χ0n) is 12.7. The SMILES string of the molecule is CCC(CC(CC(C)P(=O)(O)OP(=O)(O)O)P(=O)(O)O)S(=O)(=O)O. The average Bonchev–Trinajstić information content (AvgIpc) is 2.27. The highest BCUT2D eigenvalue weighted by Gasteiger charge is 2.42. The van der Waals surface area contributed by atoms with Crippen LogP contribution in [0, 0.1) is 0 Å². The summed E-state index contributed by atoms with van der Waals surface area (Å²) in [5, 5.41) is -1.51. The topological polar surface area (TPSA) is 216 Å². The fourth-order valence-corrected chi connectivity index (χ4v) is 6.64. The van der Waals surface area contributed by atoms with E-state index in [4.69, 9.17) is 14.3 Å². The normalized spacial score (nSPS) is 20.2. The van der Waals surface area contributed by atoms with Gasteiger partial charge >= 0.3 is 23.0 Å². The summed E-state index contributed by atoms with van der Waals surface area (Å²) in [5.74, 6) is 0. The molecule has 4 unspecified atom stereocenters. The zero-order chi connectivity index (χ0) is 19.6. The van der Waals surface area contributed by atoms with Crippen LogP contribution in [0.25, 0.3) is 0 Å². The van der Waals surface area contributed by atoms with Crippen LogP contribution >= 0.6 is 23.0 Å². The Morgan fingerprint density at radius 3 is 1.75 bits per heavy atom. The van der Waals surface area contributed by atoms with Crippen LogP contribution < -0.4 is 0 Å². The fourth-order valence-electron chi connectivity index (χ4n) is 1.93. The van der Waals surface area contributed by atoms with E-state index in [0.29, 0.717) is 0 Å². The molecule has 0 aliphatic rings. The van der Waals surface area contributed by atoms with Crippen molar-refractivity contribution >= 4 is 33.1 Å². The molecule has 16 heteroatoms.